The molecule has 0 aliphatic rings. The van der Waals surface area contributed by atoms with Crippen molar-refractivity contribution in [2.45, 2.75) is 13.5 Å². The van der Waals surface area contributed by atoms with Crippen molar-refractivity contribution >= 4 is 22.6 Å². The number of carbonyl (C=O) groups excluding carboxylic acids is 1. The first-order chi connectivity index (χ1) is 13.1. The van der Waals surface area contributed by atoms with Gasteiger partial charge in [-0.1, -0.05) is 12.1 Å². The summed E-state index contributed by atoms with van der Waals surface area (Å²) in [6.07, 6.45) is 3.66. The molecule has 2 aromatic carbocycles. The van der Waals surface area contributed by atoms with Gasteiger partial charge in [0.1, 0.15) is 17.1 Å². The van der Waals surface area contributed by atoms with Crippen LogP contribution in [0.2, 0.25) is 0 Å². The standard InChI is InChI=1S/C21H19N3O3/c1-14-20(18-12-17(26-2)8-9-19(18)27-14)21(25)23-16-6-4-15(5-7-16)13-24-11-3-10-22-24/h3-12H,13H2,1-2H3,(H,23,25). The fraction of sp³-hybridized carbons (Fsp3) is 0.143. The summed E-state index contributed by atoms with van der Waals surface area (Å²) in [5.74, 6) is 1.05. The van der Waals surface area contributed by atoms with Crippen LogP contribution in [-0.4, -0.2) is 22.8 Å². The summed E-state index contributed by atoms with van der Waals surface area (Å²) in [5, 5.41) is 7.87. The Labute approximate surface area is 156 Å². The Morgan fingerprint density at radius 1 is 1.22 bits per heavy atom. The van der Waals surface area contributed by atoms with Crippen LogP contribution in [0.4, 0.5) is 5.69 Å². The highest BCUT2D eigenvalue weighted by Gasteiger charge is 2.19. The number of methoxy groups -OCH3 is 1. The second kappa shape index (κ2) is 6.99. The van der Waals surface area contributed by atoms with Gasteiger partial charge in [0.05, 0.1) is 19.2 Å². The molecule has 27 heavy (non-hydrogen) atoms. The quantitative estimate of drug-likeness (QED) is 0.577. The molecule has 0 aliphatic heterocycles. The molecule has 2 aromatic heterocycles. The predicted octanol–water partition coefficient (Wildman–Crippen LogP) is 4.25. The number of anilines is 1. The monoisotopic (exact) mass is 361 g/mol. The number of aryl methyl sites for hydroxylation is 1. The molecule has 0 aliphatic carbocycles. The normalized spacial score (nSPS) is 10.9. The second-order valence-electron chi connectivity index (χ2n) is 6.25. The lowest BCUT2D eigenvalue weighted by Crippen LogP contribution is -2.12. The molecule has 1 amide bonds. The van der Waals surface area contributed by atoms with Gasteiger partial charge in [0.25, 0.3) is 5.91 Å². The molecule has 0 spiro atoms. The van der Waals surface area contributed by atoms with Crippen molar-refractivity contribution in [2.75, 3.05) is 12.4 Å². The minimum absolute atomic E-state index is 0.209. The summed E-state index contributed by atoms with van der Waals surface area (Å²) in [6, 6.07) is 15.0. The Bertz CT molecular complexity index is 1080. The van der Waals surface area contributed by atoms with Crippen LogP contribution in [0.25, 0.3) is 11.0 Å². The SMILES string of the molecule is COc1ccc2oc(C)c(C(=O)Nc3ccc(Cn4cccn4)cc3)c2c1. The van der Waals surface area contributed by atoms with E-state index in [1.54, 1.807) is 20.2 Å². The first-order valence-electron chi connectivity index (χ1n) is 8.59. The largest absolute Gasteiger partial charge is 0.497 e. The van der Waals surface area contributed by atoms with Gasteiger partial charge < -0.3 is 14.5 Å². The van der Waals surface area contributed by atoms with Gasteiger partial charge in [0.15, 0.2) is 0 Å². The molecule has 0 atom stereocenters. The third-order valence-corrected chi connectivity index (χ3v) is 4.41. The van der Waals surface area contributed by atoms with E-state index in [0.29, 0.717) is 29.2 Å². The average Bonchev–Trinajstić information content (AvgIpc) is 3.29. The maximum Gasteiger partial charge on any atom is 0.259 e. The van der Waals surface area contributed by atoms with Crippen LogP contribution < -0.4 is 10.1 Å². The van der Waals surface area contributed by atoms with Crippen molar-refractivity contribution in [3.05, 3.63) is 77.8 Å². The molecule has 0 radical (unpaired) electrons. The van der Waals surface area contributed by atoms with Crippen molar-refractivity contribution in [1.29, 1.82) is 0 Å². The van der Waals surface area contributed by atoms with Gasteiger partial charge in [-0.3, -0.25) is 9.48 Å². The molecule has 0 fully saturated rings. The van der Waals surface area contributed by atoms with Crippen molar-refractivity contribution in [2.24, 2.45) is 0 Å². The summed E-state index contributed by atoms with van der Waals surface area (Å²) in [5.41, 5.74) is 3.00. The van der Waals surface area contributed by atoms with Crippen molar-refractivity contribution < 1.29 is 13.9 Å². The maximum atomic E-state index is 12.8. The molecule has 4 aromatic rings. The molecule has 6 heteroatoms. The van der Waals surface area contributed by atoms with Crippen molar-refractivity contribution in [3.63, 3.8) is 0 Å². The van der Waals surface area contributed by atoms with Gasteiger partial charge in [-0.25, -0.2) is 0 Å². The first-order valence-corrected chi connectivity index (χ1v) is 8.59. The highest BCUT2D eigenvalue weighted by molar-refractivity contribution is 6.13. The molecule has 6 nitrogen and oxygen atoms in total. The average molecular weight is 361 g/mol. The molecule has 136 valence electrons. The lowest BCUT2D eigenvalue weighted by atomic mass is 10.1. The van der Waals surface area contributed by atoms with Gasteiger partial charge in [-0.2, -0.15) is 5.10 Å². The maximum absolute atomic E-state index is 12.8. The number of hydrogen-bond donors (Lipinski definition) is 1. The van der Waals surface area contributed by atoms with Crippen LogP contribution in [0.1, 0.15) is 21.7 Å². The zero-order chi connectivity index (χ0) is 18.8. The van der Waals surface area contributed by atoms with E-state index < -0.39 is 0 Å². The summed E-state index contributed by atoms with van der Waals surface area (Å²) in [6.45, 7) is 2.47. The number of nitrogens with zero attached hydrogens (tertiary/aromatic N) is 2. The molecule has 0 saturated heterocycles. The van der Waals surface area contributed by atoms with Crippen LogP contribution in [0.3, 0.4) is 0 Å². The van der Waals surface area contributed by atoms with Gasteiger partial charge in [-0.15, -0.1) is 0 Å². The topological polar surface area (TPSA) is 69.3 Å². The number of nitrogens with one attached hydrogen (secondary N) is 1. The number of rotatable bonds is 5. The van der Waals surface area contributed by atoms with Gasteiger partial charge >= 0.3 is 0 Å². The molecule has 0 saturated carbocycles. The summed E-state index contributed by atoms with van der Waals surface area (Å²) < 4.78 is 12.8. The van der Waals surface area contributed by atoms with Gasteiger partial charge in [0.2, 0.25) is 0 Å². The summed E-state index contributed by atoms with van der Waals surface area (Å²) >= 11 is 0. The third kappa shape index (κ3) is 3.42. The summed E-state index contributed by atoms with van der Waals surface area (Å²) in [4.78, 5) is 12.8. The fourth-order valence-electron chi connectivity index (χ4n) is 3.08. The summed E-state index contributed by atoms with van der Waals surface area (Å²) in [7, 11) is 1.60. The smallest absolute Gasteiger partial charge is 0.259 e. The number of carbonyl (C=O) groups is 1. The van der Waals surface area contributed by atoms with E-state index in [0.717, 1.165) is 16.6 Å². The predicted molar refractivity (Wildman–Crippen MR) is 103 cm³/mol. The zero-order valence-electron chi connectivity index (χ0n) is 15.1. The van der Waals surface area contributed by atoms with E-state index in [-0.39, 0.29) is 5.91 Å². The number of ether oxygens (including phenoxy) is 1. The van der Waals surface area contributed by atoms with Gasteiger partial charge in [-0.05, 0) is 48.9 Å². The number of benzene rings is 2. The van der Waals surface area contributed by atoms with Crippen LogP contribution in [0.5, 0.6) is 5.75 Å². The molecule has 2 heterocycles. The van der Waals surface area contributed by atoms with E-state index >= 15 is 0 Å². The number of hydrogen-bond acceptors (Lipinski definition) is 4. The number of furan rings is 1. The van der Waals surface area contributed by atoms with E-state index in [1.165, 1.54) is 0 Å². The zero-order valence-corrected chi connectivity index (χ0v) is 15.1. The van der Waals surface area contributed by atoms with Crippen LogP contribution in [0, 0.1) is 6.92 Å². The Morgan fingerprint density at radius 2 is 2.04 bits per heavy atom. The lowest BCUT2D eigenvalue weighted by Gasteiger charge is -2.07. The van der Waals surface area contributed by atoms with Crippen LogP contribution in [0.15, 0.2) is 65.3 Å². The first kappa shape index (κ1) is 16.9. The molecular formula is C21H19N3O3. The van der Waals surface area contributed by atoms with E-state index in [4.69, 9.17) is 9.15 Å². The van der Waals surface area contributed by atoms with E-state index in [1.807, 2.05) is 59.4 Å². The number of fused-ring (bicyclic) bond motifs is 1. The second-order valence-corrected chi connectivity index (χ2v) is 6.25. The highest BCUT2D eigenvalue weighted by atomic mass is 16.5. The molecule has 0 bridgehead atoms. The number of amides is 1. The fourth-order valence-corrected chi connectivity index (χ4v) is 3.08. The van der Waals surface area contributed by atoms with Crippen molar-refractivity contribution in [1.82, 2.24) is 9.78 Å². The Hall–Kier alpha value is -3.54. The van der Waals surface area contributed by atoms with E-state index in [2.05, 4.69) is 10.4 Å². The minimum Gasteiger partial charge on any atom is -0.497 e. The highest BCUT2D eigenvalue weighted by Crippen LogP contribution is 2.29. The minimum atomic E-state index is -0.209. The molecular weight excluding hydrogens is 342 g/mol. The Kier molecular flexibility index (Phi) is 4.38. The molecule has 4 rings (SSSR count). The lowest BCUT2D eigenvalue weighted by molar-refractivity contribution is 0.102. The van der Waals surface area contributed by atoms with Crippen LogP contribution in [-0.2, 0) is 6.54 Å². The van der Waals surface area contributed by atoms with E-state index in [9.17, 15) is 4.79 Å². The third-order valence-electron chi connectivity index (χ3n) is 4.41. The molecule has 1 N–H and O–H groups in total. The van der Waals surface area contributed by atoms with Crippen molar-refractivity contribution in [3.8, 4) is 5.75 Å². The number of aromatic nitrogens is 2. The van der Waals surface area contributed by atoms with Crippen LogP contribution >= 0.6 is 0 Å². The van der Waals surface area contributed by atoms with Gasteiger partial charge in [0, 0.05) is 23.5 Å². The molecule has 0 unspecified atom stereocenters. The Balaban J connectivity index is 1.55. The Morgan fingerprint density at radius 3 is 2.74 bits per heavy atom.